The second kappa shape index (κ2) is 9.18. The van der Waals surface area contributed by atoms with Gasteiger partial charge in [-0.25, -0.2) is 0 Å². The summed E-state index contributed by atoms with van der Waals surface area (Å²) in [4.78, 5) is 14.8. The van der Waals surface area contributed by atoms with E-state index in [1.165, 1.54) is 17.0 Å². The molecule has 1 fully saturated rings. The first-order valence-electron chi connectivity index (χ1n) is 8.67. The van der Waals surface area contributed by atoms with E-state index in [9.17, 15) is 13.2 Å². The van der Waals surface area contributed by atoms with E-state index in [2.05, 4.69) is 4.40 Å². The number of nitrogens with zero attached hydrogens (tertiary/aromatic N) is 2. The molecule has 0 bridgehead atoms. The number of amides is 1. The molecule has 0 N–H and O–H groups in total. The fourth-order valence-corrected chi connectivity index (χ4v) is 4.82. The van der Waals surface area contributed by atoms with Crippen LogP contribution in [0.4, 0.5) is 0 Å². The highest BCUT2D eigenvalue weighted by atomic mass is 32.2. The van der Waals surface area contributed by atoms with E-state index >= 15 is 0 Å². The van der Waals surface area contributed by atoms with Gasteiger partial charge in [0.15, 0.2) is 5.17 Å². The van der Waals surface area contributed by atoms with Crippen LogP contribution in [0.15, 0.2) is 74.9 Å². The molecule has 1 heterocycles. The highest BCUT2D eigenvalue weighted by Crippen LogP contribution is 2.33. The Balaban J connectivity index is 1.95. The summed E-state index contributed by atoms with van der Waals surface area (Å²) >= 11 is 1.07. The summed E-state index contributed by atoms with van der Waals surface area (Å²) in [6.07, 6.45) is 2.32. The molecule has 0 saturated carbocycles. The van der Waals surface area contributed by atoms with Crippen molar-refractivity contribution >= 4 is 38.9 Å². The average molecular weight is 417 g/mol. The Kier molecular flexibility index (Phi) is 6.66. The summed E-state index contributed by atoms with van der Waals surface area (Å²) in [5.41, 5.74) is 0.863. The van der Waals surface area contributed by atoms with Crippen LogP contribution < -0.4 is 0 Å². The average Bonchev–Trinajstić information content (AvgIpc) is 2.98. The lowest BCUT2D eigenvalue weighted by molar-refractivity contribution is -0.122. The molecule has 2 aromatic carbocycles. The van der Waals surface area contributed by atoms with E-state index in [4.69, 9.17) is 4.74 Å². The summed E-state index contributed by atoms with van der Waals surface area (Å²) in [5.74, 6) is -0.257. The maximum Gasteiger partial charge on any atom is 0.284 e. The summed E-state index contributed by atoms with van der Waals surface area (Å²) in [6.45, 7) is 0.792. The largest absolute Gasteiger partial charge is 0.385 e. The molecule has 0 spiro atoms. The molecule has 0 radical (unpaired) electrons. The van der Waals surface area contributed by atoms with Crippen molar-refractivity contribution in [1.82, 2.24) is 4.90 Å². The van der Waals surface area contributed by atoms with Crippen LogP contribution >= 0.6 is 11.8 Å². The molecule has 28 heavy (non-hydrogen) atoms. The first-order valence-corrected chi connectivity index (χ1v) is 10.9. The van der Waals surface area contributed by atoms with Crippen molar-refractivity contribution in [2.45, 2.75) is 11.3 Å². The van der Waals surface area contributed by atoms with Gasteiger partial charge in [-0.1, -0.05) is 48.5 Å². The number of benzene rings is 2. The Morgan fingerprint density at radius 3 is 2.36 bits per heavy atom. The topological polar surface area (TPSA) is 76.0 Å². The van der Waals surface area contributed by atoms with Gasteiger partial charge in [-0.2, -0.15) is 8.42 Å². The van der Waals surface area contributed by atoms with E-state index in [0.717, 1.165) is 17.3 Å². The molecule has 0 aromatic heterocycles. The molecule has 6 nitrogen and oxygen atoms in total. The van der Waals surface area contributed by atoms with Crippen molar-refractivity contribution in [2.24, 2.45) is 4.40 Å². The zero-order valence-electron chi connectivity index (χ0n) is 15.3. The van der Waals surface area contributed by atoms with Gasteiger partial charge in [-0.3, -0.25) is 9.69 Å². The summed E-state index contributed by atoms with van der Waals surface area (Å²) < 4.78 is 34.3. The van der Waals surface area contributed by atoms with Gasteiger partial charge in [0.25, 0.3) is 15.9 Å². The Hall–Kier alpha value is -2.42. The molecular formula is C20H20N2O4S2. The maximum absolute atomic E-state index is 12.9. The van der Waals surface area contributed by atoms with Crippen molar-refractivity contribution in [3.05, 3.63) is 71.1 Å². The standard InChI is InChI=1S/C20H20N2O4S2/c1-26-14-8-13-22-19(23)18(15-16-9-4-2-5-10-16)27-20(22)21-28(24,25)17-11-6-3-7-12-17/h2-7,9-12,15H,8,13-14H2,1H3/b18-15-,21-20-. The number of thioether (sulfide) groups is 1. The first-order chi connectivity index (χ1) is 13.5. The van der Waals surface area contributed by atoms with Crippen LogP contribution in [-0.4, -0.2) is 44.7 Å². The molecule has 1 saturated heterocycles. The molecule has 3 rings (SSSR count). The van der Waals surface area contributed by atoms with E-state index < -0.39 is 10.0 Å². The van der Waals surface area contributed by atoms with Crippen molar-refractivity contribution in [1.29, 1.82) is 0 Å². The second-order valence-corrected chi connectivity index (χ2v) is 8.60. The number of hydrogen-bond donors (Lipinski definition) is 0. The summed E-state index contributed by atoms with van der Waals surface area (Å²) in [6, 6.07) is 17.4. The quantitative estimate of drug-likeness (QED) is 0.511. The summed E-state index contributed by atoms with van der Waals surface area (Å²) in [5, 5.41) is 0.159. The van der Waals surface area contributed by atoms with E-state index in [0.29, 0.717) is 24.5 Å². The predicted molar refractivity (Wildman–Crippen MR) is 111 cm³/mol. The highest BCUT2D eigenvalue weighted by Gasteiger charge is 2.34. The lowest BCUT2D eigenvalue weighted by Gasteiger charge is -2.15. The first kappa shape index (κ1) is 20.3. The van der Waals surface area contributed by atoms with Crippen molar-refractivity contribution in [2.75, 3.05) is 20.3 Å². The van der Waals surface area contributed by atoms with Gasteiger partial charge in [-0.05, 0) is 42.0 Å². The molecule has 0 aliphatic carbocycles. The molecule has 146 valence electrons. The number of carbonyl (C=O) groups is 1. The Morgan fingerprint density at radius 2 is 1.71 bits per heavy atom. The molecule has 2 aromatic rings. The smallest absolute Gasteiger partial charge is 0.284 e. The van der Waals surface area contributed by atoms with Crippen LogP contribution in [0.1, 0.15) is 12.0 Å². The molecule has 0 unspecified atom stereocenters. The third kappa shape index (κ3) is 4.89. The maximum atomic E-state index is 12.9. The second-order valence-electron chi connectivity index (χ2n) is 5.99. The van der Waals surface area contributed by atoms with Crippen LogP contribution in [0.25, 0.3) is 6.08 Å². The number of rotatable bonds is 7. The van der Waals surface area contributed by atoms with Gasteiger partial charge in [0.1, 0.15) is 0 Å². The van der Waals surface area contributed by atoms with Crippen LogP contribution in [-0.2, 0) is 19.6 Å². The fraction of sp³-hybridized carbons (Fsp3) is 0.200. The molecular weight excluding hydrogens is 396 g/mol. The van der Waals surface area contributed by atoms with Crippen molar-refractivity contribution in [3.63, 3.8) is 0 Å². The molecule has 1 amide bonds. The highest BCUT2D eigenvalue weighted by molar-refractivity contribution is 8.19. The van der Waals surface area contributed by atoms with Gasteiger partial charge in [0.2, 0.25) is 0 Å². The number of hydrogen-bond acceptors (Lipinski definition) is 5. The molecule has 1 aliphatic rings. The molecule has 8 heteroatoms. The number of ether oxygens (including phenoxy) is 1. The lowest BCUT2D eigenvalue weighted by Crippen LogP contribution is -2.31. The fourth-order valence-electron chi connectivity index (χ4n) is 2.59. The minimum Gasteiger partial charge on any atom is -0.385 e. The predicted octanol–water partition coefficient (Wildman–Crippen LogP) is 3.38. The van der Waals surface area contributed by atoms with Gasteiger partial charge in [-0.15, -0.1) is 4.40 Å². The third-order valence-corrected chi connectivity index (χ3v) is 6.36. The van der Waals surface area contributed by atoms with Crippen LogP contribution in [0, 0.1) is 0 Å². The monoisotopic (exact) mass is 416 g/mol. The van der Waals surface area contributed by atoms with Gasteiger partial charge < -0.3 is 4.74 Å². The van der Waals surface area contributed by atoms with Crippen LogP contribution in [0.5, 0.6) is 0 Å². The van der Waals surface area contributed by atoms with E-state index in [1.54, 1.807) is 31.4 Å². The number of amidine groups is 1. The lowest BCUT2D eigenvalue weighted by atomic mass is 10.2. The van der Waals surface area contributed by atoms with Crippen LogP contribution in [0.3, 0.4) is 0 Å². The molecule has 0 atom stereocenters. The zero-order chi connectivity index (χ0) is 20.0. The van der Waals surface area contributed by atoms with E-state index in [1.807, 2.05) is 30.3 Å². The van der Waals surface area contributed by atoms with Crippen molar-refractivity contribution in [3.8, 4) is 0 Å². The van der Waals surface area contributed by atoms with Gasteiger partial charge in [0.05, 0.1) is 9.80 Å². The molecule has 1 aliphatic heterocycles. The summed E-state index contributed by atoms with van der Waals surface area (Å²) in [7, 11) is -2.33. The zero-order valence-corrected chi connectivity index (χ0v) is 16.9. The van der Waals surface area contributed by atoms with E-state index in [-0.39, 0.29) is 16.0 Å². The number of methoxy groups -OCH3 is 1. The Bertz CT molecular complexity index is 987. The Morgan fingerprint density at radius 1 is 1.07 bits per heavy atom. The number of carbonyl (C=O) groups excluding carboxylic acids is 1. The van der Waals surface area contributed by atoms with Gasteiger partial charge in [0, 0.05) is 20.3 Å². The van der Waals surface area contributed by atoms with Crippen LogP contribution in [0.2, 0.25) is 0 Å². The van der Waals surface area contributed by atoms with Gasteiger partial charge >= 0.3 is 0 Å². The third-order valence-electron chi connectivity index (χ3n) is 3.95. The Labute approximate surface area is 169 Å². The van der Waals surface area contributed by atoms with Crippen molar-refractivity contribution < 1.29 is 17.9 Å². The number of sulfonamides is 1. The minimum absolute atomic E-state index is 0.0906. The minimum atomic E-state index is -3.91. The normalized spacial score (nSPS) is 17.6. The SMILES string of the molecule is COCCCN1C(=O)/C(=C/c2ccccc2)S/C1=N\S(=O)(=O)c1ccccc1.